The largest absolute Gasteiger partial charge is 0.352 e. The molecule has 0 aliphatic carbocycles. The van der Waals surface area contributed by atoms with Crippen molar-refractivity contribution < 1.29 is 4.79 Å². The molecule has 84 valence electrons. The molecule has 0 radical (unpaired) electrons. The van der Waals surface area contributed by atoms with Gasteiger partial charge in [0.2, 0.25) is 0 Å². The van der Waals surface area contributed by atoms with Crippen LogP contribution in [0.4, 0.5) is 0 Å². The monoisotopic (exact) mass is 340 g/mol. The Kier molecular flexibility index (Phi) is 3.12. The standard InChI is InChI=1S/C10H5IN4O2/c11-5-1-2-6-7(3-5)13-8(4-9(6)16)10(17)14-15-12/h1-4H,(H,13,16). The number of halogens is 1. The molecule has 7 heteroatoms. The zero-order valence-electron chi connectivity index (χ0n) is 8.35. The molecule has 0 unspecified atom stereocenters. The Morgan fingerprint density at radius 2 is 2.18 bits per heavy atom. The van der Waals surface area contributed by atoms with Crippen LogP contribution in [0.3, 0.4) is 0 Å². The first kappa shape index (κ1) is 11.6. The highest BCUT2D eigenvalue weighted by atomic mass is 127. The van der Waals surface area contributed by atoms with Crippen molar-refractivity contribution in [3.05, 3.63) is 54.2 Å². The Morgan fingerprint density at radius 3 is 2.88 bits per heavy atom. The molecule has 6 nitrogen and oxygen atoms in total. The van der Waals surface area contributed by atoms with Crippen LogP contribution in [-0.4, -0.2) is 10.9 Å². The van der Waals surface area contributed by atoms with E-state index in [9.17, 15) is 9.59 Å². The van der Waals surface area contributed by atoms with Crippen LogP contribution in [0.15, 0.2) is 34.2 Å². The van der Waals surface area contributed by atoms with Gasteiger partial charge in [-0.05, 0) is 51.4 Å². The fourth-order valence-corrected chi connectivity index (χ4v) is 1.93. The average molecular weight is 340 g/mol. The molecule has 0 aliphatic heterocycles. The van der Waals surface area contributed by atoms with Gasteiger partial charge in [0.05, 0.1) is 11.2 Å². The minimum Gasteiger partial charge on any atom is -0.352 e. The summed E-state index contributed by atoms with van der Waals surface area (Å²) in [5.41, 5.74) is 8.41. The number of carbonyl (C=O) groups is 1. The summed E-state index contributed by atoms with van der Waals surface area (Å²) in [5.74, 6) is -0.801. The van der Waals surface area contributed by atoms with Crippen molar-refractivity contribution in [1.82, 2.24) is 4.98 Å². The molecule has 1 N–H and O–H groups in total. The number of nitrogens with zero attached hydrogens (tertiary/aromatic N) is 3. The van der Waals surface area contributed by atoms with E-state index >= 15 is 0 Å². The lowest BCUT2D eigenvalue weighted by Gasteiger charge is -2.01. The second-order valence-electron chi connectivity index (χ2n) is 3.23. The van der Waals surface area contributed by atoms with E-state index in [0.29, 0.717) is 10.9 Å². The number of carbonyl (C=O) groups excluding carboxylic acids is 1. The lowest BCUT2D eigenvalue weighted by atomic mass is 10.2. The van der Waals surface area contributed by atoms with Gasteiger partial charge in [0.25, 0.3) is 5.91 Å². The first-order valence-corrected chi connectivity index (χ1v) is 5.61. The molecule has 1 amide bonds. The number of amides is 1. The van der Waals surface area contributed by atoms with Gasteiger partial charge < -0.3 is 4.98 Å². The Labute approximate surface area is 108 Å². The van der Waals surface area contributed by atoms with Crippen LogP contribution in [-0.2, 0) is 0 Å². The van der Waals surface area contributed by atoms with E-state index < -0.39 is 5.91 Å². The van der Waals surface area contributed by atoms with Crippen LogP contribution < -0.4 is 5.43 Å². The Hall–Kier alpha value is -1.86. The molecule has 0 saturated heterocycles. The van der Waals surface area contributed by atoms with Gasteiger partial charge in [-0.15, -0.1) is 0 Å². The van der Waals surface area contributed by atoms with Crippen LogP contribution >= 0.6 is 22.6 Å². The molecule has 17 heavy (non-hydrogen) atoms. The molecule has 0 saturated carbocycles. The summed E-state index contributed by atoms with van der Waals surface area (Å²) in [6, 6.07) is 6.35. The molecule has 1 aromatic carbocycles. The number of azide groups is 1. The Morgan fingerprint density at radius 1 is 1.41 bits per heavy atom. The third kappa shape index (κ3) is 2.29. The van der Waals surface area contributed by atoms with Crippen LogP contribution in [0, 0.1) is 3.57 Å². The first-order valence-electron chi connectivity index (χ1n) is 4.54. The van der Waals surface area contributed by atoms with Crippen molar-refractivity contribution in [2.75, 3.05) is 0 Å². The van der Waals surface area contributed by atoms with Gasteiger partial charge in [-0.25, -0.2) is 0 Å². The van der Waals surface area contributed by atoms with Crippen LogP contribution in [0.5, 0.6) is 0 Å². The first-order chi connectivity index (χ1) is 8.11. The van der Waals surface area contributed by atoms with E-state index in [1.165, 1.54) is 0 Å². The fraction of sp³-hybridized carbons (Fsp3) is 0. The molecule has 0 bridgehead atoms. The molecular weight excluding hydrogens is 335 g/mol. The number of pyridine rings is 1. The Balaban J connectivity index is 2.74. The van der Waals surface area contributed by atoms with Crippen LogP contribution in [0.2, 0.25) is 0 Å². The third-order valence-corrected chi connectivity index (χ3v) is 2.83. The molecular formula is C10H5IN4O2. The maximum absolute atomic E-state index is 11.7. The van der Waals surface area contributed by atoms with Gasteiger partial charge in [-0.2, -0.15) is 0 Å². The number of hydrogen-bond acceptors (Lipinski definition) is 2. The summed E-state index contributed by atoms with van der Waals surface area (Å²) in [4.78, 5) is 28.2. The summed E-state index contributed by atoms with van der Waals surface area (Å²) in [6.45, 7) is 0. The lowest BCUT2D eigenvalue weighted by molar-refractivity contribution is 0.0996. The number of aromatic nitrogens is 1. The number of rotatable bonds is 1. The number of H-pyrrole nitrogens is 1. The zero-order chi connectivity index (χ0) is 12.4. The van der Waals surface area contributed by atoms with Gasteiger partial charge in [-0.1, -0.05) is 0 Å². The predicted molar refractivity (Wildman–Crippen MR) is 70.8 cm³/mol. The van der Waals surface area contributed by atoms with Gasteiger partial charge in [-0.3, -0.25) is 9.59 Å². The van der Waals surface area contributed by atoms with Crippen molar-refractivity contribution in [1.29, 1.82) is 0 Å². The van der Waals surface area contributed by atoms with Gasteiger partial charge >= 0.3 is 0 Å². The van der Waals surface area contributed by atoms with Gasteiger partial charge in [0, 0.05) is 19.9 Å². The van der Waals surface area contributed by atoms with Crippen LogP contribution in [0.1, 0.15) is 10.5 Å². The SMILES string of the molecule is [N-]=[N+]=NC(=O)c1cc(=O)c2ccc(I)cc2[nH]1. The van der Waals surface area contributed by atoms with Crippen molar-refractivity contribution in [3.63, 3.8) is 0 Å². The number of nitrogens with one attached hydrogen (secondary N) is 1. The fourth-order valence-electron chi connectivity index (χ4n) is 1.43. The highest BCUT2D eigenvalue weighted by molar-refractivity contribution is 14.1. The number of hydrogen-bond donors (Lipinski definition) is 1. The summed E-state index contributed by atoms with van der Waals surface area (Å²) >= 11 is 2.10. The average Bonchev–Trinajstić information content (AvgIpc) is 2.28. The molecule has 1 aromatic heterocycles. The van der Waals surface area contributed by atoms with E-state index in [1.807, 2.05) is 0 Å². The lowest BCUT2D eigenvalue weighted by Crippen LogP contribution is -2.08. The van der Waals surface area contributed by atoms with E-state index in [-0.39, 0.29) is 11.1 Å². The smallest absolute Gasteiger partial charge is 0.265 e. The highest BCUT2D eigenvalue weighted by Crippen LogP contribution is 2.13. The summed E-state index contributed by atoms with van der Waals surface area (Å²) < 4.78 is 0.930. The van der Waals surface area contributed by atoms with Crippen LogP contribution in [0.25, 0.3) is 21.3 Å². The molecule has 2 rings (SSSR count). The minimum atomic E-state index is -0.801. The Bertz CT molecular complexity index is 716. The molecule has 0 aliphatic rings. The number of fused-ring (bicyclic) bond motifs is 1. The molecule has 0 atom stereocenters. The minimum absolute atomic E-state index is 0.0118. The van der Waals surface area contributed by atoms with E-state index in [2.05, 4.69) is 37.6 Å². The molecule has 0 spiro atoms. The molecule has 2 aromatic rings. The van der Waals surface area contributed by atoms with E-state index in [1.54, 1.807) is 18.2 Å². The topological polar surface area (TPSA) is 98.7 Å². The molecule has 0 fully saturated rings. The van der Waals surface area contributed by atoms with Crippen molar-refractivity contribution in [2.45, 2.75) is 0 Å². The maximum atomic E-state index is 11.7. The highest BCUT2D eigenvalue weighted by Gasteiger charge is 2.07. The van der Waals surface area contributed by atoms with Crippen molar-refractivity contribution >= 4 is 39.4 Å². The second-order valence-corrected chi connectivity index (χ2v) is 4.48. The summed E-state index contributed by atoms with van der Waals surface area (Å²) in [5, 5.41) is 3.42. The number of benzene rings is 1. The zero-order valence-corrected chi connectivity index (χ0v) is 10.5. The normalized spacial score (nSPS) is 9.94. The maximum Gasteiger partial charge on any atom is 0.265 e. The summed E-state index contributed by atoms with van der Waals surface area (Å²) in [6.07, 6.45) is 0. The van der Waals surface area contributed by atoms with Gasteiger partial charge in [0.1, 0.15) is 0 Å². The third-order valence-electron chi connectivity index (χ3n) is 2.16. The number of aromatic amines is 1. The van der Waals surface area contributed by atoms with Crippen molar-refractivity contribution in [2.24, 2.45) is 5.11 Å². The predicted octanol–water partition coefficient (Wildman–Crippen LogP) is 2.58. The van der Waals surface area contributed by atoms with Gasteiger partial charge in [0.15, 0.2) is 5.43 Å². The quantitative estimate of drug-likeness (QED) is 0.373. The van der Waals surface area contributed by atoms with Crippen molar-refractivity contribution in [3.8, 4) is 0 Å². The summed E-state index contributed by atoms with van der Waals surface area (Å²) in [7, 11) is 0. The second kappa shape index (κ2) is 4.56. The van der Waals surface area contributed by atoms with E-state index in [0.717, 1.165) is 9.64 Å². The van der Waals surface area contributed by atoms with E-state index in [4.69, 9.17) is 5.53 Å². The molecule has 1 heterocycles.